The highest BCUT2D eigenvalue weighted by Crippen LogP contribution is 2.33. The molecule has 1 unspecified atom stereocenters. The van der Waals surface area contributed by atoms with Crippen LogP contribution in [0, 0.1) is 0 Å². The maximum atomic E-state index is 12.0. The summed E-state index contributed by atoms with van der Waals surface area (Å²) >= 11 is 0. The van der Waals surface area contributed by atoms with E-state index in [9.17, 15) is 14.4 Å². The quantitative estimate of drug-likeness (QED) is 0.406. The van der Waals surface area contributed by atoms with E-state index in [0.717, 1.165) is 0 Å². The Labute approximate surface area is 100 Å². The lowest BCUT2D eigenvalue weighted by atomic mass is 9.89. The fourth-order valence-electron chi connectivity index (χ4n) is 2.47. The molecular formula is C11H18N2O4. The Morgan fingerprint density at radius 3 is 2.35 bits per heavy atom. The minimum atomic E-state index is -1.52. The summed E-state index contributed by atoms with van der Waals surface area (Å²) in [5, 5.41) is 0. The minimum Gasteiger partial charge on any atom is -0.467 e. The van der Waals surface area contributed by atoms with Gasteiger partial charge in [-0.15, -0.1) is 0 Å². The summed E-state index contributed by atoms with van der Waals surface area (Å²) in [4.78, 5) is 36.7. The van der Waals surface area contributed by atoms with Crippen LogP contribution in [-0.4, -0.2) is 47.8 Å². The molecule has 1 amide bonds. The number of nitrogens with two attached hydrogens (primary N) is 1. The Morgan fingerprint density at radius 2 is 1.94 bits per heavy atom. The number of likely N-dealkylation sites (tertiary alicyclic amines) is 1. The van der Waals surface area contributed by atoms with Gasteiger partial charge in [0.1, 0.15) is 0 Å². The van der Waals surface area contributed by atoms with Crippen molar-refractivity contribution in [2.45, 2.75) is 38.3 Å². The van der Waals surface area contributed by atoms with Gasteiger partial charge >= 0.3 is 5.97 Å². The number of carbonyl (C=O) groups is 3. The zero-order valence-corrected chi connectivity index (χ0v) is 10.4. The van der Waals surface area contributed by atoms with Crippen molar-refractivity contribution in [3.63, 3.8) is 0 Å². The molecule has 0 aromatic rings. The molecule has 0 aromatic heterocycles. The van der Waals surface area contributed by atoms with Gasteiger partial charge in [0.25, 0.3) is 11.7 Å². The molecule has 1 atom stereocenters. The lowest BCUT2D eigenvalue weighted by Crippen LogP contribution is -2.62. The average molecular weight is 242 g/mol. The first kappa shape index (κ1) is 13.6. The topological polar surface area (TPSA) is 89.7 Å². The summed E-state index contributed by atoms with van der Waals surface area (Å²) in [7, 11) is 1.20. The van der Waals surface area contributed by atoms with Crippen LogP contribution in [0.2, 0.25) is 0 Å². The SMILES string of the molecule is COC(=O)C1(C(=O)C(N)=O)CCCN1C(C)C. The Kier molecular flexibility index (Phi) is 3.87. The van der Waals surface area contributed by atoms with Crippen LogP contribution in [0.3, 0.4) is 0 Å². The van der Waals surface area contributed by atoms with Crippen molar-refractivity contribution in [2.24, 2.45) is 5.73 Å². The molecule has 6 nitrogen and oxygen atoms in total. The van der Waals surface area contributed by atoms with Crippen LogP contribution in [0.5, 0.6) is 0 Å². The fraction of sp³-hybridized carbons (Fsp3) is 0.727. The van der Waals surface area contributed by atoms with E-state index in [1.54, 1.807) is 4.90 Å². The van der Waals surface area contributed by atoms with Gasteiger partial charge in [-0.2, -0.15) is 0 Å². The second kappa shape index (κ2) is 4.83. The lowest BCUT2D eigenvalue weighted by Gasteiger charge is -2.36. The Balaban J connectivity index is 3.23. The molecule has 0 bridgehead atoms. The third-order valence-corrected chi connectivity index (χ3v) is 3.17. The van der Waals surface area contributed by atoms with Crippen molar-refractivity contribution in [3.05, 3.63) is 0 Å². The maximum absolute atomic E-state index is 12.0. The molecule has 1 aliphatic rings. The molecule has 0 aromatic carbocycles. The molecule has 17 heavy (non-hydrogen) atoms. The van der Waals surface area contributed by atoms with E-state index >= 15 is 0 Å². The third-order valence-electron chi connectivity index (χ3n) is 3.17. The largest absolute Gasteiger partial charge is 0.467 e. The number of ketones is 1. The second-order valence-electron chi connectivity index (χ2n) is 4.44. The van der Waals surface area contributed by atoms with Gasteiger partial charge < -0.3 is 10.5 Å². The molecule has 2 N–H and O–H groups in total. The van der Waals surface area contributed by atoms with E-state index in [1.807, 2.05) is 13.8 Å². The second-order valence-corrected chi connectivity index (χ2v) is 4.44. The number of rotatable bonds is 4. The predicted octanol–water partition coefficient (Wildman–Crippen LogP) is -0.543. The van der Waals surface area contributed by atoms with E-state index < -0.39 is 23.2 Å². The molecule has 0 aliphatic carbocycles. The molecule has 1 fully saturated rings. The van der Waals surface area contributed by atoms with Crippen molar-refractivity contribution >= 4 is 17.7 Å². The van der Waals surface area contributed by atoms with Gasteiger partial charge in [-0.3, -0.25) is 14.5 Å². The molecule has 1 aliphatic heterocycles. The highest BCUT2D eigenvalue weighted by molar-refractivity contribution is 6.43. The molecule has 0 saturated carbocycles. The molecule has 0 spiro atoms. The van der Waals surface area contributed by atoms with Gasteiger partial charge in [0.05, 0.1) is 7.11 Å². The van der Waals surface area contributed by atoms with Gasteiger partial charge in [0.2, 0.25) is 0 Å². The third kappa shape index (κ3) is 2.04. The molecule has 1 saturated heterocycles. The molecular weight excluding hydrogens is 224 g/mol. The minimum absolute atomic E-state index is 0.0418. The zero-order valence-electron chi connectivity index (χ0n) is 10.4. The summed E-state index contributed by atoms with van der Waals surface area (Å²) in [6.07, 6.45) is 0.936. The number of amides is 1. The van der Waals surface area contributed by atoms with E-state index in [2.05, 4.69) is 4.74 Å². The number of esters is 1. The molecule has 0 radical (unpaired) electrons. The lowest BCUT2D eigenvalue weighted by molar-refractivity contribution is -0.162. The number of carbonyl (C=O) groups excluding carboxylic acids is 3. The van der Waals surface area contributed by atoms with Gasteiger partial charge in [0, 0.05) is 12.6 Å². The van der Waals surface area contributed by atoms with Crippen LogP contribution >= 0.6 is 0 Å². The molecule has 96 valence electrons. The fourth-order valence-corrected chi connectivity index (χ4v) is 2.47. The van der Waals surface area contributed by atoms with E-state index in [1.165, 1.54) is 7.11 Å². The standard InChI is InChI=1S/C11H18N2O4/c1-7(2)13-6-4-5-11(13,10(16)17-3)8(14)9(12)15/h7H,4-6H2,1-3H3,(H2,12,15). The van der Waals surface area contributed by atoms with Crippen molar-refractivity contribution in [3.8, 4) is 0 Å². The van der Waals surface area contributed by atoms with Crippen LogP contribution in [0.1, 0.15) is 26.7 Å². The van der Waals surface area contributed by atoms with Crippen LogP contribution in [0.25, 0.3) is 0 Å². The highest BCUT2D eigenvalue weighted by atomic mass is 16.5. The normalized spacial score (nSPS) is 24.9. The van der Waals surface area contributed by atoms with Gasteiger partial charge in [0.15, 0.2) is 5.54 Å². The number of Topliss-reactive ketones (excluding diaryl/α,β-unsaturated/α-hetero) is 1. The smallest absolute Gasteiger partial charge is 0.334 e. The van der Waals surface area contributed by atoms with E-state index in [4.69, 9.17) is 5.73 Å². The monoisotopic (exact) mass is 242 g/mol. The number of ether oxygens (including phenoxy) is 1. The number of methoxy groups -OCH3 is 1. The van der Waals surface area contributed by atoms with Gasteiger partial charge in [-0.25, -0.2) is 4.79 Å². The van der Waals surface area contributed by atoms with Crippen molar-refractivity contribution in [1.82, 2.24) is 4.90 Å². The van der Waals surface area contributed by atoms with Gasteiger partial charge in [-0.05, 0) is 26.7 Å². The number of hydrogen-bond acceptors (Lipinski definition) is 5. The molecule has 1 heterocycles. The summed E-state index contributed by atoms with van der Waals surface area (Å²) in [6.45, 7) is 4.29. The average Bonchev–Trinajstić information content (AvgIpc) is 2.72. The summed E-state index contributed by atoms with van der Waals surface area (Å²) in [5.41, 5.74) is 3.51. The summed E-state index contributed by atoms with van der Waals surface area (Å²) in [5.74, 6) is -2.67. The number of nitrogens with zero attached hydrogens (tertiary/aromatic N) is 1. The van der Waals surface area contributed by atoms with Gasteiger partial charge in [-0.1, -0.05) is 0 Å². The van der Waals surface area contributed by atoms with Crippen LogP contribution < -0.4 is 5.73 Å². The van der Waals surface area contributed by atoms with Crippen molar-refractivity contribution < 1.29 is 19.1 Å². The first-order valence-corrected chi connectivity index (χ1v) is 5.57. The van der Waals surface area contributed by atoms with Crippen LogP contribution in [-0.2, 0) is 19.1 Å². The Morgan fingerprint density at radius 1 is 1.35 bits per heavy atom. The Bertz CT molecular complexity index is 353. The predicted molar refractivity (Wildman–Crippen MR) is 60.0 cm³/mol. The number of hydrogen-bond donors (Lipinski definition) is 1. The zero-order chi connectivity index (χ0) is 13.2. The van der Waals surface area contributed by atoms with E-state index in [0.29, 0.717) is 13.0 Å². The molecule has 1 rings (SSSR count). The summed E-state index contributed by atoms with van der Waals surface area (Å²) < 4.78 is 4.68. The van der Waals surface area contributed by atoms with Crippen molar-refractivity contribution in [2.75, 3.05) is 13.7 Å². The first-order valence-electron chi connectivity index (χ1n) is 5.57. The van der Waals surface area contributed by atoms with Crippen LogP contribution in [0.4, 0.5) is 0 Å². The van der Waals surface area contributed by atoms with Crippen LogP contribution in [0.15, 0.2) is 0 Å². The number of primary amides is 1. The maximum Gasteiger partial charge on any atom is 0.334 e. The molecule has 6 heteroatoms. The summed E-state index contributed by atoms with van der Waals surface area (Å²) in [6, 6.07) is -0.0418. The first-order chi connectivity index (χ1) is 7.87. The Hall–Kier alpha value is -1.43. The highest BCUT2D eigenvalue weighted by Gasteiger charge is 2.56. The van der Waals surface area contributed by atoms with E-state index in [-0.39, 0.29) is 12.5 Å². The van der Waals surface area contributed by atoms with Crippen molar-refractivity contribution in [1.29, 1.82) is 0 Å².